The van der Waals surface area contributed by atoms with Crippen LogP contribution in [0.1, 0.15) is 44.9 Å². The second-order valence-corrected chi connectivity index (χ2v) is 9.40. The first-order valence-corrected chi connectivity index (χ1v) is 12.2. The number of halogens is 1. The summed E-state index contributed by atoms with van der Waals surface area (Å²) in [6.07, 6.45) is 3.00. The predicted octanol–water partition coefficient (Wildman–Crippen LogP) is 3.16. The highest BCUT2D eigenvalue weighted by molar-refractivity contribution is 14.0. The molecule has 1 aromatic carbocycles. The molecule has 0 bridgehead atoms. The molecule has 0 aliphatic carbocycles. The lowest BCUT2D eigenvalue weighted by atomic mass is 10.1. The SMILES string of the molecule is CCNC(=NCCS(=O)(=O)NCC1CCCCO1)NC(C)c1cc2ccccc2o1.I. The molecule has 0 saturated carbocycles. The first kappa shape index (κ1) is 25.9. The van der Waals surface area contributed by atoms with Crippen molar-refractivity contribution in [3.8, 4) is 0 Å². The highest BCUT2D eigenvalue weighted by Crippen LogP contribution is 2.23. The topological polar surface area (TPSA) is 105 Å². The van der Waals surface area contributed by atoms with Crippen molar-refractivity contribution in [3.05, 3.63) is 36.1 Å². The summed E-state index contributed by atoms with van der Waals surface area (Å²) in [7, 11) is -3.40. The molecule has 1 aromatic heterocycles. The van der Waals surface area contributed by atoms with Gasteiger partial charge in [-0.1, -0.05) is 18.2 Å². The number of hydrogen-bond acceptors (Lipinski definition) is 5. The van der Waals surface area contributed by atoms with Crippen molar-refractivity contribution in [3.63, 3.8) is 0 Å². The molecular weight excluding hydrogens is 531 g/mol. The normalized spacial score (nSPS) is 18.4. The summed E-state index contributed by atoms with van der Waals surface area (Å²) in [5.74, 6) is 1.27. The van der Waals surface area contributed by atoms with Gasteiger partial charge in [0.15, 0.2) is 5.96 Å². The number of rotatable bonds is 9. The number of aliphatic imine (C=N–C) groups is 1. The van der Waals surface area contributed by atoms with E-state index in [1.165, 1.54) is 0 Å². The fraction of sp³-hybridized carbons (Fsp3) is 0.571. The predicted molar refractivity (Wildman–Crippen MR) is 135 cm³/mol. The third-order valence-electron chi connectivity index (χ3n) is 5.00. The maximum atomic E-state index is 12.3. The number of hydrogen-bond donors (Lipinski definition) is 3. The van der Waals surface area contributed by atoms with Crippen LogP contribution in [-0.4, -0.2) is 52.5 Å². The lowest BCUT2D eigenvalue weighted by Crippen LogP contribution is -2.40. The summed E-state index contributed by atoms with van der Waals surface area (Å²) in [5.41, 5.74) is 0.835. The van der Waals surface area contributed by atoms with Crippen LogP contribution in [0.25, 0.3) is 11.0 Å². The van der Waals surface area contributed by atoms with Crippen LogP contribution in [0.5, 0.6) is 0 Å². The minimum absolute atomic E-state index is 0. The number of guanidine groups is 1. The largest absolute Gasteiger partial charge is 0.459 e. The molecule has 0 spiro atoms. The monoisotopic (exact) mass is 564 g/mol. The quantitative estimate of drug-likeness (QED) is 0.246. The van der Waals surface area contributed by atoms with Crippen LogP contribution in [0, 0.1) is 0 Å². The van der Waals surface area contributed by atoms with Crippen molar-refractivity contribution in [2.24, 2.45) is 4.99 Å². The molecule has 1 saturated heterocycles. The fourth-order valence-corrected chi connectivity index (χ4v) is 4.27. The standard InChI is InChI=1S/C21H32N4O4S.HI/c1-3-22-21(25-16(2)20-14-17-8-4-5-10-19(17)29-20)23-11-13-30(26,27)24-15-18-9-6-7-12-28-18;/h4-5,8,10,14,16,18,24H,3,6-7,9,11-13,15H2,1-2H3,(H2,22,23,25);1H. The molecule has 1 aliphatic rings. The molecule has 174 valence electrons. The molecule has 2 atom stereocenters. The van der Waals surface area contributed by atoms with Crippen LogP contribution in [0.2, 0.25) is 0 Å². The molecule has 2 unspecified atom stereocenters. The second kappa shape index (κ2) is 12.6. The molecule has 3 N–H and O–H groups in total. The number of ether oxygens (including phenoxy) is 1. The summed E-state index contributed by atoms with van der Waals surface area (Å²) in [6, 6.07) is 9.73. The summed E-state index contributed by atoms with van der Waals surface area (Å²) in [6.45, 7) is 5.80. The van der Waals surface area contributed by atoms with Gasteiger partial charge in [-0.2, -0.15) is 0 Å². The highest BCUT2D eigenvalue weighted by Gasteiger charge is 2.18. The smallest absolute Gasteiger partial charge is 0.213 e. The molecular formula is C21H33IN4O4S. The van der Waals surface area contributed by atoms with Crippen molar-refractivity contribution in [2.75, 3.05) is 32.0 Å². The number of para-hydroxylation sites is 1. The van der Waals surface area contributed by atoms with E-state index in [1.807, 2.05) is 44.2 Å². The number of furan rings is 1. The first-order chi connectivity index (χ1) is 14.5. The van der Waals surface area contributed by atoms with Gasteiger partial charge in [0.05, 0.1) is 24.4 Å². The summed E-state index contributed by atoms with van der Waals surface area (Å²) >= 11 is 0. The van der Waals surface area contributed by atoms with E-state index in [-0.39, 0.29) is 48.4 Å². The van der Waals surface area contributed by atoms with Crippen molar-refractivity contribution in [1.82, 2.24) is 15.4 Å². The number of nitrogens with zero attached hydrogens (tertiary/aromatic N) is 1. The van der Waals surface area contributed by atoms with E-state index in [4.69, 9.17) is 9.15 Å². The Hall–Kier alpha value is -1.37. The van der Waals surface area contributed by atoms with E-state index in [9.17, 15) is 8.42 Å². The molecule has 1 fully saturated rings. The Morgan fingerprint density at radius 2 is 2.10 bits per heavy atom. The van der Waals surface area contributed by atoms with Gasteiger partial charge in [-0.05, 0) is 45.2 Å². The van der Waals surface area contributed by atoms with Gasteiger partial charge in [0.2, 0.25) is 10.0 Å². The molecule has 3 rings (SSSR count). The van der Waals surface area contributed by atoms with Crippen LogP contribution in [-0.2, 0) is 14.8 Å². The lowest BCUT2D eigenvalue weighted by molar-refractivity contribution is 0.0200. The van der Waals surface area contributed by atoms with Crippen LogP contribution in [0.4, 0.5) is 0 Å². The van der Waals surface area contributed by atoms with Crippen molar-refractivity contribution < 1.29 is 17.6 Å². The van der Waals surface area contributed by atoms with Gasteiger partial charge in [0, 0.05) is 25.1 Å². The zero-order valence-electron chi connectivity index (χ0n) is 18.1. The number of fused-ring (bicyclic) bond motifs is 1. The van der Waals surface area contributed by atoms with Crippen LogP contribution in [0.15, 0.2) is 39.7 Å². The summed E-state index contributed by atoms with van der Waals surface area (Å²) in [4.78, 5) is 4.42. The van der Waals surface area contributed by atoms with Gasteiger partial charge in [-0.25, -0.2) is 13.1 Å². The number of sulfonamides is 1. The zero-order chi connectivity index (χ0) is 21.4. The van der Waals surface area contributed by atoms with Crippen LogP contribution < -0.4 is 15.4 Å². The van der Waals surface area contributed by atoms with Gasteiger partial charge in [-0.3, -0.25) is 4.99 Å². The summed E-state index contributed by atoms with van der Waals surface area (Å²) < 4.78 is 38.6. The van der Waals surface area contributed by atoms with Gasteiger partial charge in [-0.15, -0.1) is 24.0 Å². The molecule has 2 aromatic rings. The molecule has 31 heavy (non-hydrogen) atoms. The van der Waals surface area contributed by atoms with E-state index in [1.54, 1.807) is 0 Å². The number of nitrogens with one attached hydrogen (secondary N) is 3. The Morgan fingerprint density at radius 1 is 1.29 bits per heavy atom. The Kier molecular flexibility index (Phi) is 10.5. The van der Waals surface area contributed by atoms with E-state index in [0.717, 1.165) is 36.0 Å². The minimum Gasteiger partial charge on any atom is -0.459 e. The fourth-order valence-electron chi connectivity index (χ4n) is 3.35. The third kappa shape index (κ3) is 8.24. The van der Waals surface area contributed by atoms with E-state index in [0.29, 0.717) is 25.7 Å². The van der Waals surface area contributed by atoms with Gasteiger partial charge in [0.25, 0.3) is 0 Å². The summed E-state index contributed by atoms with van der Waals surface area (Å²) in [5, 5.41) is 7.47. The molecule has 10 heteroatoms. The van der Waals surface area contributed by atoms with Gasteiger partial charge < -0.3 is 19.8 Å². The minimum atomic E-state index is -3.40. The Balaban J connectivity index is 0.00000341. The maximum absolute atomic E-state index is 12.3. The first-order valence-electron chi connectivity index (χ1n) is 10.6. The zero-order valence-corrected chi connectivity index (χ0v) is 21.2. The van der Waals surface area contributed by atoms with E-state index in [2.05, 4.69) is 20.3 Å². The van der Waals surface area contributed by atoms with E-state index < -0.39 is 10.0 Å². The second-order valence-electron chi connectivity index (χ2n) is 7.47. The van der Waals surface area contributed by atoms with Crippen molar-refractivity contribution in [2.45, 2.75) is 45.3 Å². The Labute approximate surface area is 201 Å². The molecule has 1 aliphatic heterocycles. The molecule has 0 amide bonds. The number of benzene rings is 1. The molecule has 8 nitrogen and oxygen atoms in total. The van der Waals surface area contributed by atoms with E-state index >= 15 is 0 Å². The van der Waals surface area contributed by atoms with Gasteiger partial charge in [0.1, 0.15) is 11.3 Å². The van der Waals surface area contributed by atoms with Crippen molar-refractivity contribution >= 4 is 50.9 Å². The molecule has 0 radical (unpaired) electrons. The maximum Gasteiger partial charge on any atom is 0.213 e. The van der Waals surface area contributed by atoms with Crippen molar-refractivity contribution in [1.29, 1.82) is 0 Å². The van der Waals surface area contributed by atoms with Crippen LogP contribution >= 0.6 is 24.0 Å². The lowest BCUT2D eigenvalue weighted by Gasteiger charge is -2.22. The Bertz CT molecular complexity index is 909. The highest BCUT2D eigenvalue weighted by atomic mass is 127. The van der Waals surface area contributed by atoms with Crippen LogP contribution in [0.3, 0.4) is 0 Å². The third-order valence-corrected chi connectivity index (χ3v) is 6.33. The average molecular weight is 564 g/mol. The molecule has 2 heterocycles. The van der Waals surface area contributed by atoms with Gasteiger partial charge >= 0.3 is 0 Å². The Morgan fingerprint density at radius 3 is 2.81 bits per heavy atom. The average Bonchev–Trinajstić information content (AvgIpc) is 3.18.